The Labute approximate surface area is 133 Å². The largest absolute Gasteiger partial charge is 0.459 e. The van der Waals surface area contributed by atoms with E-state index in [1.807, 2.05) is 0 Å². The van der Waals surface area contributed by atoms with Crippen molar-refractivity contribution in [2.24, 2.45) is 0 Å². The molecule has 26 heavy (non-hydrogen) atoms. The molecule has 0 amide bonds. The molecular weight excluding hydrogens is 428 g/mol. The van der Waals surface area contributed by atoms with E-state index in [1.54, 1.807) is 0 Å². The van der Waals surface area contributed by atoms with E-state index in [0.29, 0.717) is 0 Å². The third kappa shape index (κ3) is 20.3. The summed E-state index contributed by atoms with van der Waals surface area (Å²) >= 11 is 0. The summed E-state index contributed by atoms with van der Waals surface area (Å²) in [5, 5.41) is 0. The molecule has 0 heterocycles. The summed E-state index contributed by atoms with van der Waals surface area (Å²) in [7, 11) is 0. The highest BCUT2D eigenvalue weighted by atomic mass is 19.4. The number of Topliss-reactive ketones (excluding diaryl/α,β-unsaturated/α-hetero) is 2. The monoisotopic (exact) mass is 440 g/mol. The summed E-state index contributed by atoms with van der Waals surface area (Å²) in [5.74, 6) is -7.36. The zero-order valence-corrected chi connectivity index (χ0v) is 11.4. The fraction of sp³-hybridized carbons (Fsp3) is 0.667. The van der Waals surface area contributed by atoms with Crippen molar-refractivity contribution in [3.05, 3.63) is 0 Å². The third-order valence-electron chi connectivity index (χ3n) is 1.03. The van der Waals surface area contributed by atoms with E-state index in [4.69, 9.17) is 0 Å². The number of hydrogen-bond donors (Lipinski definition) is 0. The van der Waals surface area contributed by atoms with Crippen molar-refractivity contribution in [3.8, 4) is 0 Å². The van der Waals surface area contributed by atoms with Gasteiger partial charge < -0.3 is 32.9 Å². The molecule has 0 unspecified atom stereocenters. The molecule has 0 aromatic heterocycles. The molecule has 0 rings (SSSR count). The van der Waals surface area contributed by atoms with Gasteiger partial charge in [0.1, 0.15) is 0 Å². The highest BCUT2D eigenvalue weighted by Crippen LogP contribution is 2.28. The summed E-state index contributed by atoms with van der Waals surface area (Å²) in [6, 6.07) is 0. The highest BCUT2D eigenvalue weighted by Gasteiger charge is 2.56. The van der Waals surface area contributed by atoms with Crippen molar-refractivity contribution >= 4 is 11.6 Å². The van der Waals surface area contributed by atoms with Crippen LogP contribution in [0.15, 0.2) is 0 Å². The summed E-state index contributed by atoms with van der Waals surface area (Å²) in [6.45, 7) is 0. The van der Waals surface area contributed by atoms with Gasteiger partial charge in [0.05, 0.1) is 0 Å². The molecule has 0 atom stereocenters. The Bertz CT molecular complexity index is 298. The van der Waals surface area contributed by atoms with Gasteiger partial charge >= 0.3 is 36.3 Å². The maximum absolute atomic E-state index is 10.9. The van der Waals surface area contributed by atoms with Crippen LogP contribution in [0.5, 0.6) is 0 Å². The Morgan fingerprint density at radius 2 is 0.423 bits per heavy atom. The lowest BCUT2D eigenvalue weighted by Crippen LogP contribution is -2.36. The normalized spacial score (nSPS) is 10.3. The van der Waals surface area contributed by atoms with Gasteiger partial charge in [-0.25, -0.2) is 0 Å². The number of ketones is 2. The lowest BCUT2D eigenvalue weighted by Gasteiger charge is -2.06. The predicted octanol–water partition coefficient (Wildman–Crippen LogP) is -1.59. The molecule has 0 bridgehead atoms. The van der Waals surface area contributed by atoms with Gasteiger partial charge in [-0.1, -0.05) is 0 Å². The van der Waals surface area contributed by atoms with Gasteiger partial charge in [-0.3, -0.25) is 9.59 Å². The standard InChI is InChI=1S/2C3F6O.6H2O/c2*4-2(5,6)1(10)3(7,8)9;;;;;;/h;;6*1H2. The molecule has 0 aliphatic heterocycles. The van der Waals surface area contributed by atoms with Gasteiger partial charge in [-0.2, -0.15) is 52.7 Å². The molecule has 168 valence electrons. The van der Waals surface area contributed by atoms with Crippen molar-refractivity contribution in [2.45, 2.75) is 24.7 Å². The van der Waals surface area contributed by atoms with Crippen LogP contribution in [0.4, 0.5) is 52.7 Å². The van der Waals surface area contributed by atoms with Gasteiger partial charge in [0.2, 0.25) is 0 Å². The Kier molecular flexibility index (Phi) is 27.6. The first kappa shape index (κ1) is 49.6. The second-order valence-electron chi connectivity index (χ2n) is 2.65. The van der Waals surface area contributed by atoms with Gasteiger partial charge in [0.25, 0.3) is 0 Å². The minimum absolute atomic E-state index is 0. The van der Waals surface area contributed by atoms with Crippen LogP contribution in [-0.2, 0) is 9.59 Å². The quantitative estimate of drug-likeness (QED) is 0.406. The van der Waals surface area contributed by atoms with Crippen molar-refractivity contribution in [1.82, 2.24) is 0 Å². The first-order valence-corrected chi connectivity index (χ1v) is 3.68. The summed E-state index contributed by atoms with van der Waals surface area (Å²) < 4.78 is 131. The van der Waals surface area contributed by atoms with E-state index in [0.717, 1.165) is 0 Å². The fourth-order valence-electron chi connectivity index (χ4n) is 0.321. The lowest BCUT2D eigenvalue weighted by atomic mass is 10.4. The fourth-order valence-corrected chi connectivity index (χ4v) is 0.321. The van der Waals surface area contributed by atoms with Gasteiger partial charge in [-0.05, 0) is 0 Å². The predicted molar refractivity (Wildman–Crippen MR) is 55.9 cm³/mol. The van der Waals surface area contributed by atoms with Crippen LogP contribution >= 0.6 is 0 Å². The van der Waals surface area contributed by atoms with E-state index in [9.17, 15) is 62.3 Å². The average Bonchev–Trinajstić information content (AvgIpc) is 2.10. The summed E-state index contributed by atoms with van der Waals surface area (Å²) in [5.41, 5.74) is 0. The molecule has 0 spiro atoms. The van der Waals surface area contributed by atoms with Crippen molar-refractivity contribution in [3.63, 3.8) is 0 Å². The molecule has 8 nitrogen and oxygen atoms in total. The van der Waals surface area contributed by atoms with Gasteiger partial charge in [0.15, 0.2) is 0 Å². The topological polar surface area (TPSA) is 223 Å². The molecule has 0 saturated heterocycles. The molecule has 0 fully saturated rings. The van der Waals surface area contributed by atoms with Crippen LogP contribution in [0.2, 0.25) is 0 Å². The number of alkyl halides is 12. The van der Waals surface area contributed by atoms with Crippen molar-refractivity contribution in [2.75, 3.05) is 0 Å². The molecule has 0 radical (unpaired) electrons. The lowest BCUT2D eigenvalue weighted by molar-refractivity contribution is -0.217. The Morgan fingerprint density at radius 3 is 0.423 bits per heavy atom. The highest BCUT2D eigenvalue weighted by molar-refractivity contribution is 5.89. The van der Waals surface area contributed by atoms with Gasteiger partial charge in [-0.15, -0.1) is 0 Å². The van der Waals surface area contributed by atoms with Crippen LogP contribution < -0.4 is 0 Å². The second kappa shape index (κ2) is 14.4. The molecule has 12 N–H and O–H groups in total. The van der Waals surface area contributed by atoms with Crippen LogP contribution in [0.25, 0.3) is 0 Å². The number of carbonyl (C=O) groups is 2. The van der Waals surface area contributed by atoms with Crippen LogP contribution in [0, 0.1) is 0 Å². The number of carbonyl (C=O) groups excluding carboxylic acids is 2. The molecule has 0 aliphatic rings. The minimum Gasteiger partial charge on any atom is -0.412 e. The molecule has 0 aromatic rings. The summed E-state index contributed by atoms with van der Waals surface area (Å²) in [6.07, 6.45) is -23.3. The summed E-state index contributed by atoms with van der Waals surface area (Å²) in [4.78, 5) is 18.5. The smallest absolute Gasteiger partial charge is 0.412 e. The molecular formula is C6H12F12O8. The van der Waals surface area contributed by atoms with E-state index in [-0.39, 0.29) is 32.9 Å². The molecule has 0 aliphatic carbocycles. The molecule has 0 aromatic carbocycles. The number of hydrogen-bond acceptors (Lipinski definition) is 2. The number of halogens is 12. The Hall–Kier alpha value is -1.74. The minimum atomic E-state index is -5.82. The molecule has 20 heteroatoms. The molecule has 0 saturated carbocycles. The maximum Gasteiger partial charge on any atom is 0.459 e. The SMILES string of the molecule is O.O.O.O.O.O.O=C(C(F)(F)F)C(F)(F)F.O=C(C(F)(F)F)C(F)(F)F. The van der Waals surface area contributed by atoms with Crippen molar-refractivity contribution in [1.29, 1.82) is 0 Å². The Balaban J connectivity index is -0.0000000337. The zero-order valence-electron chi connectivity index (χ0n) is 11.4. The average molecular weight is 440 g/mol. The first-order valence-electron chi connectivity index (χ1n) is 3.68. The van der Waals surface area contributed by atoms with E-state index >= 15 is 0 Å². The van der Waals surface area contributed by atoms with Crippen LogP contribution in [0.3, 0.4) is 0 Å². The Morgan fingerprint density at radius 1 is 0.346 bits per heavy atom. The van der Waals surface area contributed by atoms with E-state index < -0.39 is 36.3 Å². The van der Waals surface area contributed by atoms with Crippen molar-refractivity contribution < 1.29 is 95.1 Å². The number of rotatable bonds is 0. The second-order valence-corrected chi connectivity index (χ2v) is 2.65. The zero-order chi connectivity index (χ0) is 17.2. The van der Waals surface area contributed by atoms with Gasteiger partial charge in [0, 0.05) is 0 Å². The maximum atomic E-state index is 10.9. The third-order valence-corrected chi connectivity index (χ3v) is 1.03. The van der Waals surface area contributed by atoms with Crippen LogP contribution in [0.1, 0.15) is 0 Å². The van der Waals surface area contributed by atoms with Crippen LogP contribution in [-0.4, -0.2) is 69.1 Å². The van der Waals surface area contributed by atoms with E-state index in [2.05, 4.69) is 0 Å². The van der Waals surface area contributed by atoms with E-state index in [1.165, 1.54) is 0 Å². The first-order chi connectivity index (χ1) is 8.31.